The Labute approximate surface area is 85.5 Å². The first-order valence-corrected chi connectivity index (χ1v) is 5.41. The number of aryl methyl sites for hydroxylation is 1. The second kappa shape index (κ2) is 4.09. The summed E-state index contributed by atoms with van der Waals surface area (Å²) in [5.41, 5.74) is 8.39. The highest BCUT2D eigenvalue weighted by Gasteiger charge is 2.23. The summed E-state index contributed by atoms with van der Waals surface area (Å²) in [4.78, 5) is 4.37. The molecule has 0 aliphatic heterocycles. The molecule has 1 heterocycles. The van der Waals surface area contributed by atoms with Crippen LogP contribution in [0, 0.1) is 12.8 Å². The Morgan fingerprint density at radius 2 is 2.29 bits per heavy atom. The SMILES string of the molecule is Cc1ccc(CC(N)CC2CC2)nc1. The molecular formula is C12H18N2. The average Bonchev–Trinajstić information content (AvgIpc) is 2.93. The number of nitrogens with two attached hydrogens (primary N) is 1. The van der Waals surface area contributed by atoms with E-state index in [2.05, 4.69) is 24.0 Å². The topological polar surface area (TPSA) is 38.9 Å². The van der Waals surface area contributed by atoms with E-state index in [0.717, 1.165) is 18.0 Å². The molecule has 0 radical (unpaired) electrons. The first-order chi connectivity index (χ1) is 6.74. The summed E-state index contributed by atoms with van der Waals surface area (Å²) in [5.74, 6) is 0.912. The fraction of sp³-hybridized carbons (Fsp3) is 0.583. The number of aromatic nitrogens is 1. The lowest BCUT2D eigenvalue weighted by molar-refractivity contribution is 0.561. The van der Waals surface area contributed by atoms with Gasteiger partial charge in [0, 0.05) is 24.4 Å². The number of hydrogen-bond acceptors (Lipinski definition) is 2. The van der Waals surface area contributed by atoms with Crippen LogP contribution in [0.2, 0.25) is 0 Å². The van der Waals surface area contributed by atoms with Crippen LogP contribution < -0.4 is 5.73 Å². The van der Waals surface area contributed by atoms with E-state index in [9.17, 15) is 0 Å². The zero-order valence-electron chi connectivity index (χ0n) is 8.74. The van der Waals surface area contributed by atoms with Crippen molar-refractivity contribution in [1.82, 2.24) is 4.98 Å². The van der Waals surface area contributed by atoms with Gasteiger partial charge in [0.15, 0.2) is 0 Å². The van der Waals surface area contributed by atoms with Gasteiger partial charge in [-0.3, -0.25) is 4.98 Å². The van der Waals surface area contributed by atoms with Crippen molar-refractivity contribution in [2.75, 3.05) is 0 Å². The van der Waals surface area contributed by atoms with Crippen LogP contribution in [0.5, 0.6) is 0 Å². The Morgan fingerprint density at radius 1 is 1.50 bits per heavy atom. The molecule has 14 heavy (non-hydrogen) atoms. The molecule has 1 aliphatic carbocycles. The highest BCUT2D eigenvalue weighted by molar-refractivity contribution is 5.13. The van der Waals surface area contributed by atoms with E-state index in [1.165, 1.54) is 24.8 Å². The normalized spacial score (nSPS) is 18.1. The van der Waals surface area contributed by atoms with E-state index in [4.69, 9.17) is 5.73 Å². The Kier molecular flexibility index (Phi) is 2.82. The largest absolute Gasteiger partial charge is 0.327 e. The average molecular weight is 190 g/mol. The highest BCUT2D eigenvalue weighted by atomic mass is 14.7. The van der Waals surface area contributed by atoms with Crippen molar-refractivity contribution in [2.45, 2.75) is 38.6 Å². The Balaban J connectivity index is 1.85. The van der Waals surface area contributed by atoms with Crippen molar-refractivity contribution in [2.24, 2.45) is 11.7 Å². The first kappa shape index (κ1) is 9.66. The van der Waals surface area contributed by atoms with Gasteiger partial charge in [-0.2, -0.15) is 0 Å². The number of pyridine rings is 1. The molecule has 1 aromatic heterocycles. The molecule has 2 rings (SSSR count). The molecule has 1 fully saturated rings. The molecule has 0 aromatic carbocycles. The number of hydrogen-bond donors (Lipinski definition) is 1. The predicted molar refractivity (Wildman–Crippen MR) is 58.0 cm³/mol. The monoisotopic (exact) mass is 190 g/mol. The summed E-state index contributed by atoms with van der Waals surface area (Å²) in [6.45, 7) is 2.06. The summed E-state index contributed by atoms with van der Waals surface area (Å²) in [6.07, 6.45) is 6.79. The lowest BCUT2D eigenvalue weighted by atomic mass is 10.1. The van der Waals surface area contributed by atoms with E-state index in [1.54, 1.807) is 0 Å². The molecule has 1 aliphatic rings. The maximum atomic E-state index is 6.04. The van der Waals surface area contributed by atoms with Gasteiger partial charge in [-0.1, -0.05) is 18.9 Å². The molecular weight excluding hydrogens is 172 g/mol. The summed E-state index contributed by atoms with van der Waals surface area (Å²) in [6, 6.07) is 4.49. The molecule has 0 spiro atoms. The van der Waals surface area contributed by atoms with Crippen LogP contribution in [-0.4, -0.2) is 11.0 Å². The van der Waals surface area contributed by atoms with Crippen LogP contribution >= 0.6 is 0 Å². The molecule has 2 nitrogen and oxygen atoms in total. The van der Waals surface area contributed by atoms with Crippen LogP contribution in [0.15, 0.2) is 18.3 Å². The van der Waals surface area contributed by atoms with E-state index >= 15 is 0 Å². The molecule has 0 amide bonds. The van der Waals surface area contributed by atoms with Crippen LogP contribution in [0.4, 0.5) is 0 Å². The highest BCUT2D eigenvalue weighted by Crippen LogP contribution is 2.33. The number of rotatable bonds is 4. The second-order valence-electron chi connectivity index (χ2n) is 4.47. The molecule has 1 aromatic rings. The van der Waals surface area contributed by atoms with Crippen molar-refractivity contribution in [3.63, 3.8) is 0 Å². The molecule has 1 saturated carbocycles. The lowest BCUT2D eigenvalue weighted by Gasteiger charge is -2.09. The van der Waals surface area contributed by atoms with Gasteiger partial charge in [0.25, 0.3) is 0 Å². The third kappa shape index (κ3) is 2.81. The molecule has 2 N–H and O–H groups in total. The van der Waals surface area contributed by atoms with Gasteiger partial charge < -0.3 is 5.73 Å². The van der Waals surface area contributed by atoms with Crippen LogP contribution in [0.3, 0.4) is 0 Å². The molecule has 1 unspecified atom stereocenters. The van der Waals surface area contributed by atoms with Gasteiger partial charge >= 0.3 is 0 Å². The fourth-order valence-electron chi connectivity index (χ4n) is 1.75. The van der Waals surface area contributed by atoms with E-state index in [-0.39, 0.29) is 0 Å². The third-order valence-electron chi connectivity index (χ3n) is 2.78. The van der Waals surface area contributed by atoms with E-state index in [0.29, 0.717) is 6.04 Å². The van der Waals surface area contributed by atoms with Crippen LogP contribution in [-0.2, 0) is 6.42 Å². The maximum absolute atomic E-state index is 6.04. The van der Waals surface area contributed by atoms with Gasteiger partial charge in [-0.25, -0.2) is 0 Å². The molecule has 0 saturated heterocycles. The quantitative estimate of drug-likeness (QED) is 0.789. The summed E-state index contributed by atoms with van der Waals surface area (Å²) in [7, 11) is 0. The lowest BCUT2D eigenvalue weighted by Crippen LogP contribution is -2.23. The first-order valence-electron chi connectivity index (χ1n) is 5.41. The van der Waals surface area contributed by atoms with Crippen molar-refractivity contribution in [3.05, 3.63) is 29.6 Å². The minimum absolute atomic E-state index is 0.303. The van der Waals surface area contributed by atoms with Crippen molar-refractivity contribution >= 4 is 0 Å². The van der Waals surface area contributed by atoms with E-state index in [1.807, 2.05) is 6.20 Å². The van der Waals surface area contributed by atoms with E-state index < -0.39 is 0 Å². The Morgan fingerprint density at radius 3 is 2.86 bits per heavy atom. The summed E-state index contributed by atoms with van der Waals surface area (Å²) >= 11 is 0. The minimum Gasteiger partial charge on any atom is -0.327 e. The molecule has 2 heteroatoms. The van der Waals surface area contributed by atoms with Crippen molar-refractivity contribution < 1.29 is 0 Å². The van der Waals surface area contributed by atoms with Crippen molar-refractivity contribution in [3.8, 4) is 0 Å². The Bertz CT molecular complexity index is 288. The molecule has 1 atom stereocenters. The fourth-order valence-corrected chi connectivity index (χ4v) is 1.75. The second-order valence-corrected chi connectivity index (χ2v) is 4.47. The van der Waals surface area contributed by atoms with Crippen molar-refractivity contribution in [1.29, 1.82) is 0 Å². The predicted octanol–water partition coefficient (Wildman–Crippen LogP) is 2.06. The van der Waals surface area contributed by atoms with Crippen LogP contribution in [0.25, 0.3) is 0 Å². The maximum Gasteiger partial charge on any atom is 0.0419 e. The van der Waals surface area contributed by atoms with Gasteiger partial charge in [0.1, 0.15) is 0 Å². The number of nitrogens with zero attached hydrogens (tertiary/aromatic N) is 1. The minimum atomic E-state index is 0.303. The molecule has 0 bridgehead atoms. The molecule has 76 valence electrons. The smallest absolute Gasteiger partial charge is 0.0419 e. The summed E-state index contributed by atoms with van der Waals surface area (Å²) in [5, 5.41) is 0. The Hall–Kier alpha value is -0.890. The van der Waals surface area contributed by atoms with Gasteiger partial charge in [0.05, 0.1) is 0 Å². The van der Waals surface area contributed by atoms with Gasteiger partial charge in [0.2, 0.25) is 0 Å². The summed E-state index contributed by atoms with van der Waals surface area (Å²) < 4.78 is 0. The zero-order valence-corrected chi connectivity index (χ0v) is 8.74. The van der Waals surface area contributed by atoms with Gasteiger partial charge in [-0.05, 0) is 30.9 Å². The van der Waals surface area contributed by atoms with Gasteiger partial charge in [-0.15, -0.1) is 0 Å². The zero-order chi connectivity index (χ0) is 9.97. The third-order valence-corrected chi connectivity index (χ3v) is 2.78. The van der Waals surface area contributed by atoms with Crippen LogP contribution in [0.1, 0.15) is 30.5 Å². The standard InChI is InChI=1S/C12H18N2/c1-9-2-5-12(14-8-9)7-11(13)6-10-3-4-10/h2,5,8,10-11H,3-4,6-7,13H2,1H3.